The highest BCUT2D eigenvalue weighted by molar-refractivity contribution is 7.13. The molecule has 2 aromatic heterocycles. The molecule has 1 aliphatic rings. The van der Waals surface area contributed by atoms with Gasteiger partial charge in [-0.3, -0.25) is 4.79 Å². The number of hydrogen-bond donors (Lipinski definition) is 1. The standard InChI is InChI=1S/C17H21N5OS/c1-12(2)16(23)22-6-3-13(4-7-22)9-14-10-15(20-11-19-14)21-17-18-5-8-24-17/h5,8,10-11,13H,1,3-4,6-7,9H2,2H3,(H,18,19,20,21). The predicted molar refractivity (Wildman–Crippen MR) is 95.3 cm³/mol. The third kappa shape index (κ3) is 4.17. The van der Waals surface area contributed by atoms with Crippen molar-refractivity contribution < 1.29 is 4.79 Å². The molecule has 3 heterocycles. The van der Waals surface area contributed by atoms with E-state index in [0.29, 0.717) is 11.5 Å². The molecule has 0 aliphatic carbocycles. The number of rotatable bonds is 5. The fourth-order valence-corrected chi connectivity index (χ4v) is 3.41. The first kappa shape index (κ1) is 16.6. The van der Waals surface area contributed by atoms with Gasteiger partial charge in [0.1, 0.15) is 12.1 Å². The Morgan fingerprint density at radius 1 is 1.38 bits per heavy atom. The molecule has 7 heteroatoms. The Morgan fingerprint density at radius 3 is 2.83 bits per heavy atom. The van der Waals surface area contributed by atoms with E-state index in [9.17, 15) is 4.79 Å². The van der Waals surface area contributed by atoms with Crippen LogP contribution in [-0.2, 0) is 11.2 Å². The fraction of sp³-hybridized carbons (Fsp3) is 0.412. The molecule has 0 aromatic carbocycles. The Morgan fingerprint density at radius 2 is 2.17 bits per heavy atom. The highest BCUT2D eigenvalue weighted by Gasteiger charge is 2.23. The first-order chi connectivity index (χ1) is 11.6. The van der Waals surface area contributed by atoms with E-state index in [1.165, 1.54) is 11.3 Å². The quantitative estimate of drug-likeness (QED) is 0.845. The molecule has 1 fully saturated rings. The largest absolute Gasteiger partial charge is 0.339 e. The normalized spacial score (nSPS) is 15.3. The van der Waals surface area contributed by atoms with Gasteiger partial charge in [-0.2, -0.15) is 0 Å². The third-order valence-electron chi connectivity index (χ3n) is 4.16. The summed E-state index contributed by atoms with van der Waals surface area (Å²) in [5.74, 6) is 1.39. The number of hydrogen-bond acceptors (Lipinski definition) is 6. The molecule has 24 heavy (non-hydrogen) atoms. The second-order valence-electron chi connectivity index (χ2n) is 6.08. The summed E-state index contributed by atoms with van der Waals surface area (Å²) in [5, 5.41) is 5.94. The van der Waals surface area contributed by atoms with Gasteiger partial charge in [-0.25, -0.2) is 15.0 Å². The van der Waals surface area contributed by atoms with Crippen LogP contribution in [0.5, 0.6) is 0 Å². The summed E-state index contributed by atoms with van der Waals surface area (Å²) in [5.41, 5.74) is 1.64. The maximum Gasteiger partial charge on any atom is 0.248 e. The van der Waals surface area contributed by atoms with E-state index >= 15 is 0 Å². The highest BCUT2D eigenvalue weighted by Crippen LogP contribution is 2.23. The first-order valence-corrected chi connectivity index (χ1v) is 8.92. The summed E-state index contributed by atoms with van der Waals surface area (Å²) in [4.78, 5) is 26.7. The SMILES string of the molecule is C=C(C)C(=O)N1CCC(Cc2cc(Nc3nccs3)ncn2)CC1. The van der Waals surface area contributed by atoms with Crippen molar-refractivity contribution in [1.82, 2.24) is 19.9 Å². The van der Waals surface area contributed by atoms with E-state index in [2.05, 4.69) is 26.8 Å². The Hall–Kier alpha value is -2.28. The van der Waals surface area contributed by atoms with Gasteiger partial charge in [-0.15, -0.1) is 11.3 Å². The van der Waals surface area contributed by atoms with Crippen molar-refractivity contribution >= 4 is 28.2 Å². The summed E-state index contributed by atoms with van der Waals surface area (Å²) in [6, 6.07) is 1.98. The first-order valence-electron chi connectivity index (χ1n) is 8.04. The number of piperidine rings is 1. The Bertz CT molecular complexity index is 708. The van der Waals surface area contributed by atoms with E-state index in [1.807, 2.05) is 16.3 Å². The van der Waals surface area contributed by atoms with Crippen LogP contribution in [0.3, 0.4) is 0 Å². The third-order valence-corrected chi connectivity index (χ3v) is 4.84. The van der Waals surface area contributed by atoms with E-state index in [1.54, 1.807) is 19.4 Å². The number of thiazole rings is 1. The molecule has 2 aromatic rings. The van der Waals surface area contributed by atoms with Crippen molar-refractivity contribution in [1.29, 1.82) is 0 Å². The molecule has 0 bridgehead atoms. The summed E-state index contributed by atoms with van der Waals surface area (Å²) in [6.07, 6.45) is 6.25. The van der Waals surface area contributed by atoms with Crippen LogP contribution in [0.25, 0.3) is 0 Å². The number of likely N-dealkylation sites (tertiary alicyclic amines) is 1. The molecule has 1 N–H and O–H groups in total. The fourth-order valence-electron chi connectivity index (χ4n) is 2.88. The van der Waals surface area contributed by atoms with Gasteiger partial charge in [-0.05, 0) is 32.1 Å². The zero-order valence-electron chi connectivity index (χ0n) is 13.7. The van der Waals surface area contributed by atoms with Crippen LogP contribution in [0.1, 0.15) is 25.5 Å². The molecule has 0 spiro atoms. The van der Waals surface area contributed by atoms with Crippen molar-refractivity contribution in [3.63, 3.8) is 0 Å². The minimum atomic E-state index is 0.0745. The minimum absolute atomic E-state index is 0.0745. The Kier molecular flexibility index (Phi) is 5.20. The predicted octanol–water partition coefficient (Wildman–Crippen LogP) is 3.03. The number of anilines is 2. The smallest absolute Gasteiger partial charge is 0.248 e. The minimum Gasteiger partial charge on any atom is -0.339 e. The van der Waals surface area contributed by atoms with E-state index in [0.717, 1.165) is 49.0 Å². The van der Waals surface area contributed by atoms with Gasteiger partial charge >= 0.3 is 0 Å². The summed E-state index contributed by atoms with van der Waals surface area (Å²) in [6.45, 7) is 7.10. The lowest BCUT2D eigenvalue weighted by molar-refractivity contribution is -0.128. The van der Waals surface area contributed by atoms with Crippen LogP contribution in [0, 0.1) is 5.92 Å². The number of carbonyl (C=O) groups excluding carboxylic acids is 1. The molecule has 0 saturated carbocycles. The lowest BCUT2D eigenvalue weighted by atomic mass is 9.92. The molecule has 1 aliphatic heterocycles. The van der Waals surface area contributed by atoms with Crippen molar-refractivity contribution in [3.05, 3.63) is 41.8 Å². The monoisotopic (exact) mass is 343 g/mol. The highest BCUT2D eigenvalue weighted by atomic mass is 32.1. The lowest BCUT2D eigenvalue weighted by Gasteiger charge is -2.32. The molecular formula is C17H21N5OS. The average Bonchev–Trinajstić information content (AvgIpc) is 3.08. The molecule has 126 valence electrons. The van der Waals surface area contributed by atoms with Gasteiger partial charge in [0.25, 0.3) is 0 Å². The number of carbonyl (C=O) groups is 1. The van der Waals surface area contributed by atoms with Crippen molar-refractivity contribution in [2.75, 3.05) is 18.4 Å². The lowest BCUT2D eigenvalue weighted by Crippen LogP contribution is -2.39. The van der Waals surface area contributed by atoms with Gasteiger partial charge in [0, 0.05) is 42.0 Å². The van der Waals surface area contributed by atoms with Crippen molar-refractivity contribution in [2.45, 2.75) is 26.2 Å². The summed E-state index contributed by atoms with van der Waals surface area (Å²) in [7, 11) is 0. The molecule has 3 rings (SSSR count). The van der Waals surface area contributed by atoms with Crippen LogP contribution in [0.2, 0.25) is 0 Å². The summed E-state index contributed by atoms with van der Waals surface area (Å²) >= 11 is 1.54. The molecule has 0 radical (unpaired) electrons. The van der Waals surface area contributed by atoms with Crippen LogP contribution in [0.15, 0.2) is 36.1 Å². The van der Waals surface area contributed by atoms with Crippen LogP contribution >= 0.6 is 11.3 Å². The summed E-state index contributed by atoms with van der Waals surface area (Å²) < 4.78 is 0. The maximum absolute atomic E-state index is 12.0. The number of amides is 1. The maximum atomic E-state index is 12.0. The molecule has 1 saturated heterocycles. The van der Waals surface area contributed by atoms with Gasteiger partial charge in [0.05, 0.1) is 0 Å². The topological polar surface area (TPSA) is 71.0 Å². The van der Waals surface area contributed by atoms with E-state index in [-0.39, 0.29) is 5.91 Å². The number of nitrogens with one attached hydrogen (secondary N) is 1. The van der Waals surface area contributed by atoms with Crippen molar-refractivity contribution in [2.24, 2.45) is 5.92 Å². The Balaban J connectivity index is 1.55. The number of nitrogens with zero attached hydrogens (tertiary/aromatic N) is 4. The average molecular weight is 343 g/mol. The van der Waals surface area contributed by atoms with Gasteiger partial charge < -0.3 is 10.2 Å². The van der Waals surface area contributed by atoms with Gasteiger partial charge in [0.2, 0.25) is 5.91 Å². The zero-order valence-corrected chi connectivity index (χ0v) is 14.6. The molecule has 0 unspecified atom stereocenters. The van der Waals surface area contributed by atoms with Crippen LogP contribution < -0.4 is 5.32 Å². The molecular weight excluding hydrogens is 322 g/mol. The zero-order chi connectivity index (χ0) is 16.9. The molecule has 6 nitrogen and oxygen atoms in total. The van der Waals surface area contributed by atoms with Crippen LogP contribution in [-0.4, -0.2) is 38.8 Å². The second-order valence-corrected chi connectivity index (χ2v) is 6.97. The van der Waals surface area contributed by atoms with E-state index < -0.39 is 0 Å². The van der Waals surface area contributed by atoms with Crippen LogP contribution in [0.4, 0.5) is 10.9 Å². The molecule has 1 amide bonds. The second kappa shape index (κ2) is 7.53. The van der Waals surface area contributed by atoms with Gasteiger partial charge in [-0.1, -0.05) is 6.58 Å². The van der Waals surface area contributed by atoms with Crippen molar-refractivity contribution in [3.8, 4) is 0 Å². The van der Waals surface area contributed by atoms with Gasteiger partial charge in [0.15, 0.2) is 5.13 Å². The molecule has 0 atom stereocenters. The number of aromatic nitrogens is 3. The Labute approximate surface area is 145 Å². The van der Waals surface area contributed by atoms with E-state index in [4.69, 9.17) is 0 Å².